The van der Waals surface area contributed by atoms with Crippen molar-refractivity contribution in [3.05, 3.63) is 28.8 Å². The van der Waals surface area contributed by atoms with E-state index in [2.05, 4.69) is 5.32 Å². The van der Waals surface area contributed by atoms with Crippen molar-refractivity contribution in [2.45, 2.75) is 26.7 Å². The number of unbranched alkanes of at least 4 members (excludes halogenated alkanes) is 1. The third kappa shape index (κ3) is 3.73. The molecule has 128 valence electrons. The van der Waals surface area contributed by atoms with Gasteiger partial charge in [0.1, 0.15) is 6.54 Å². The van der Waals surface area contributed by atoms with E-state index in [1.54, 1.807) is 18.2 Å². The van der Waals surface area contributed by atoms with Gasteiger partial charge in [-0.3, -0.25) is 19.3 Å². The minimum Gasteiger partial charge on any atom is -0.324 e. The lowest BCUT2D eigenvalue weighted by atomic mass is 10.2. The van der Waals surface area contributed by atoms with Crippen LogP contribution in [0, 0.1) is 6.92 Å². The Labute approximate surface area is 144 Å². The fourth-order valence-corrected chi connectivity index (χ4v) is 2.40. The molecule has 24 heavy (non-hydrogen) atoms. The molecule has 0 aliphatic carbocycles. The fraction of sp³-hybridized carbons (Fsp3) is 0.375. The van der Waals surface area contributed by atoms with Crippen molar-refractivity contribution in [2.75, 3.05) is 18.4 Å². The molecule has 1 aliphatic rings. The molecule has 0 spiro atoms. The van der Waals surface area contributed by atoms with Gasteiger partial charge in [-0.05, 0) is 31.0 Å². The van der Waals surface area contributed by atoms with Gasteiger partial charge in [-0.15, -0.1) is 0 Å². The van der Waals surface area contributed by atoms with Crippen molar-refractivity contribution in [1.29, 1.82) is 0 Å². The van der Waals surface area contributed by atoms with Gasteiger partial charge in [0.15, 0.2) is 0 Å². The van der Waals surface area contributed by atoms with Crippen LogP contribution in [0.3, 0.4) is 0 Å². The van der Waals surface area contributed by atoms with Crippen LogP contribution in [-0.2, 0) is 14.4 Å². The van der Waals surface area contributed by atoms with Gasteiger partial charge in [0.2, 0.25) is 5.91 Å². The molecule has 7 nitrogen and oxygen atoms in total. The van der Waals surface area contributed by atoms with E-state index in [0.29, 0.717) is 22.0 Å². The van der Waals surface area contributed by atoms with Gasteiger partial charge < -0.3 is 5.32 Å². The zero-order chi connectivity index (χ0) is 17.9. The topological polar surface area (TPSA) is 86.8 Å². The number of hydrogen-bond donors (Lipinski definition) is 1. The van der Waals surface area contributed by atoms with Crippen LogP contribution in [0.15, 0.2) is 18.2 Å². The normalized spacial score (nSPS) is 14.5. The van der Waals surface area contributed by atoms with Crippen LogP contribution < -0.4 is 5.32 Å². The van der Waals surface area contributed by atoms with Crippen molar-refractivity contribution in [1.82, 2.24) is 9.80 Å². The molecular formula is C16H18ClN3O4. The minimum absolute atomic E-state index is 0.172. The van der Waals surface area contributed by atoms with Crippen LogP contribution in [0.5, 0.6) is 0 Å². The van der Waals surface area contributed by atoms with Crippen molar-refractivity contribution in [3.8, 4) is 0 Å². The summed E-state index contributed by atoms with van der Waals surface area (Å²) in [7, 11) is 0. The van der Waals surface area contributed by atoms with Crippen LogP contribution in [0.1, 0.15) is 25.3 Å². The Balaban J connectivity index is 2.02. The Hall–Kier alpha value is -2.41. The summed E-state index contributed by atoms with van der Waals surface area (Å²) in [5, 5.41) is 3.04. The third-order valence-electron chi connectivity index (χ3n) is 3.63. The van der Waals surface area contributed by atoms with Crippen LogP contribution in [0.4, 0.5) is 10.5 Å². The van der Waals surface area contributed by atoms with Gasteiger partial charge in [0, 0.05) is 17.3 Å². The van der Waals surface area contributed by atoms with Crippen LogP contribution >= 0.6 is 11.6 Å². The predicted octanol–water partition coefficient (Wildman–Crippen LogP) is 2.18. The molecule has 0 radical (unpaired) electrons. The first-order chi connectivity index (χ1) is 11.3. The maximum absolute atomic E-state index is 12.1. The first-order valence-corrected chi connectivity index (χ1v) is 7.96. The maximum Gasteiger partial charge on any atom is 0.334 e. The molecule has 8 heteroatoms. The molecule has 0 aromatic heterocycles. The summed E-state index contributed by atoms with van der Waals surface area (Å²) in [5.74, 6) is -2.45. The highest BCUT2D eigenvalue weighted by molar-refractivity contribution is 6.45. The standard InChI is InChI=1S/C16H18ClN3O4/c1-3-4-7-19-14(22)15(23)20(16(19)24)9-13(21)18-11-6-5-10(2)12(17)8-11/h5-6,8H,3-4,7,9H2,1-2H3,(H,18,21). The van der Waals surface area contributed by atoms with Crippen molar-refractivity contribution < 1.29 is 19.2 Å². The van der Waals surface area contributed by atoms with E-state index in [-0.39, 0.29) is 6.54 Å². The molecule has 0 saturated carbocycles. The smallest absolute Gasteiger partial charge is 0.324 e. The Morgan fingerprint density at radius 3 is 2.46 bits per heavy atom. The molecule has 1 N–H and O–H groups in total. The van der Waals surface area contributed by atoms with Gasteiger partial charge in [-0.2, -0.15) is 0 Å². The molecule has 1 aromatic rings. The molecule has 1 fully saturated rings. The highest BCUT2D eigenvalue weighted by Gasteiger charge is 2.44. The number of imide groups is 2. The number of carbonyl (C=O) groups is 4. The Kier molecular flexibility index (Phi) is 5.56. The lowest BCUT2D eigenvalue weighted by Crippen LogP contribution is -2.39. The van der Waals surface area contributed by atoms with Crippen LogP contribution in [0.2, 0.25) is 5.02 Å². The zero-order valence-electron chi connectivity index (χ0n) is 13.5. The molecule has 0 unspecified atom stereocenters. The van der Waals surface area contributed by atoms with E-state index in [0.717, 1.165) is 16.9 Å². The van der Waals surface area contributed by atoms with E-state index >= 15 is 0 Å². The first kappa shape index (κ1) is 17.9. The largest absolute Gasteiger partial charge is 0.334 e. The summed E-state index contributed by atoms with van der Waals surface area (Å²) < 4.78 is 0. The minimum atomic E-state index is -0.979. The molecule has 0 bridgehead atoms. The number of halogens is 1. The van der Waals surface area contributed by atoms with E-state index < -0.39 is 30.3 Å². The molecule has 1 aliphatic heterocycles. The van der Waals surface area contributed by atoms with E-state index in [9.17, 15) is 19.2 Å². The SMILES string of the molecule is CCCCN1C(=O)C(=O)N(CC(=O)Nc2ccc(C)c(Cl)c2)C1=O. The summed E-state index contributed by atoms with van der Waals surface area (Å²) in [6, 6.07) is 4.21. The van der Waals surface area contributed by atoms with E-state index in [1.165, 1.54) is 0 Å². The Morgan fingerprint density at radius 1 is 1.17 bits per heavy atom. The van der Waals surface area contributed by atoms with Gasteiger partial charge in [-0.25, -0.2) is 9.69 Å². The second-order valence-electron chi connectivity index (χ2n) is 5.50. The second kappa shape index (κ2) is 7.44. The average molecular weight is 352 g/mol. The summed E-state index contributed by atoms with van der Waals surface area (Å²) in [6.07, 6.45) is 1.38. The van der Waals surface area contributed by atoms with E-state index in [4.69, 9.17) is 11.6 Å². The number of hydrogen-bond acceptors (Lipinski definition) is 4. The maximum atomic E-state index is 12.1. The number of aryl methyl sites for hydroxylation is 1. The second-order valence-corrected chi connectivity index (χ2v) is 5.90. The van der Waals surface area contributed by atoms with Crippen molar-refractivity contribution in [2.24, 2.45) is 0 Å². The quantitative estimate of drug-likeness (QED) is 0.628. The molecule has 1 heterocycles. The monoisotopic (exact) mass is 351 g/mol. The molecule has 1 aromatic carbocycles. The number of rotatable bonds is 6. The number of nitrogens with zero attached hydrogens (tertiary/aromatic N) is 2. The first-order valence-electron chi connectivity index (χ1n) is 7.58. The van der Waals surface area contributed by atoms with Crippen molar-refractivity contribution >= 4 is 41.0 Å². The summed E-state index contributed by atoms with van der Waals surface area (Å²) in [5.41, 5.74) is 1.31. The number of amides is 5. The van der Waals surface area contributed by atoms with Crippen LogP contribution in [0.25, 0.3) is 0 Å². The lowest BCUT2D eigenvalue weighted by Gasteiger charge is -2.15. The van der Waals surface area contributed by atoms with Crippen molar-refractivity contribution in [3.63, 3.8) is 0 Å². The van der Waals surface area contributed by atoms with E-state index in [1.807, 2.05) is 13.8 Å². The molecule has 5 amide bonds. The Morgan fingerprint density at radius 2 is 1.83 bits per heavy atom. The number of benzene rings is 1. The number of nitrogens with one attached hydrogen (secondary N) is 1. The highest BCUT2D eigenvalue weighted by atomic mass is 35.5. The fourth-order valence-electron chi connectivity index (χ4n) is 2.22. The predicted molar refractivity (Wildman–Crippen MR) is 88.5 cm³/mol. The van der Waals surface area contributed by atoms with Gasteiger partial charge in [0.05, 0.1) is 0 Å². The molecular weight excluding hydrogens is 334 g/mol. The van der Waals surface area contributed by atoms with Crippen LogP contribution in [-0.4, -0.2) is 46.6 Å². The number of urea groups is 1. The lowest BCUT2D eigenvalue weighted by molar-refractivity contribution is -0.143. The van der Waals surface area contributed by atoms with Gasteiger partial charge in [-0.1, -0.05) is 31.0 Å². The van der Waals surface area contributed by atoms with Gasteiger partial charge >= 0.3 is 17.8 Å². The average Bonchev–Trinajstić information content (AvgIpc) is 2.73. The zero-order valence-corrected chi connectivity index (χ0v) is 14.2. The third-order valence-corrected chi connectivity index (χ3v) is 4.03. The Bertz CT molecular complexity index is 705. The number of anilines is 1. The molecule has 2 rings (SSSR count). The van der Waals surface area contributed by atoms with Gasteiger partial charge in [0.25, 0.3) is 0 Å². The highest BCUT2D eigenvalue weighted by Crippen LogP contribution is 2.20. The number of carbonyl (C=O) groups excluding carboxylic acids is 4. The summed E-state index contributed by atoms with van der Waals surface area (Å²) in [4.78, 5) is 49.4. The summed E-state index contributed by atoms with van der Waals surface area (Å²) >= 11 is 5.98. The molecule has 0 atom stereocenters. The molecule has 1 saturated heterocycles. The summed E-state index contributed by atoms with van der Waals surface area (Å²) in [6.45, 7) is 3.39.